The highest BCUT2D eigenvalue weighted by Gasteiger charge is 2.14. The van der Waals surface area contributed by atoms with Crippen LogP contribution in [-0.4, -0.2) is 22.6 Å². The monoisotopic (exact) mass is 416 g/mol. The van der Waals surface area contributed by atoms with Crippen LogP contribution in [0.1, 0.15) is 39.2 Å². The van der Waals surface area contributed by atoms with Crippen LogP contribution in [-0.2, 0) is 9.59 Å². The number of hydrogen-bond acceptors (Lipinski definition) is 3. The van der Waals surface area contributed by atoms with Gasteiger partial charge in [-0.1, -0.05) is 12.1 Å². The number of hydrogen-bond donors (Lipinski definition) is 2. The molecule has 0 bridgehead atoms. The molecule has 6 heteroatoms. The topological polar surface area (TPSA) is 75.5 Å². The van der Waals surface area contributed by atoms with E-state index in [0.29, 0.717) is 5.69 Å². The van der Waals surface area contributed by atoms with Crippen molar-refractivity contribution in [2.75, 3.05) is 5.32 Å². The molecule has 0 saturated heterocycles. The molecule has 31 heavy (non-hydrogen) atoms. The highest BCUT2D eigenvalue weighted by atomic mass is 16.2. The van der Waals surface area contributed by atoms with Crippen LogP contribution in [0.4, 0.5) is 5.69 Å². The number of amides is 2. The zero-order valence-corrected chi connectivity index (χ0v) is 18.8. The van der Waals surface area contributed by atoms with Crippen molar-refractivity contribution < 1.29 is 9.59 Å². The predicted octanol–water partition coefficient (Wildman–Crippen LogP) is 4.42. The summed E-state index contributed by atoms with van der Waals surface area (Å²) in [5.74, 6) is -1.58. The zero-order valence-electron chi connectivity index (χ0n) is 18.8. The van der Waals surface area contributed by atoms with Gasteiger partial charge in [-0.15, -0.1) is 0 Å². The van der Waals surface area contributed by atoms with Crippen LogP contribution in [0.25, 0.3) is 5.69 Å². The average molecular weight is 417 g/mol. The molecule has 3 rings (SSSR count). The van der Waals surface area contributed by atoms with Crippen LogP contribution in [0, 0.1) is 41.5 Å². The highest BCUT2D eigenvalue weighted by molar-refractivity contribution is 6.39. The first-order valence-corrected chi connectivity index (χ1v) is 10.1. The molecule has 0 aliphatic heterocycles. The summed E-state index contributed by atoms with van der Waals surface area (Å²) in [4.78, 5) is 24.2. The van der Waals surface area contributed by atoms with E-state index in [2.05, 4.69) is 52.5 Å². The average Bonchev–Trinajstić information content (AvgIpc) is 2.97. The van der Waals surface area contributed by atoms with Gasteiger partial charge in [0.1, 0.15) is 0 Å². The fourth-order valence-corrected chi connectivity index (χ4v) is 3.61. The number of anilines is 1. The van der Waals surface area contributed by atoms with E-state index in [0.717, 1.165) is 33.8 Å². The second-order valence-corrected chi connectivity index (χ2v) is 7.96. The molecule has 2 N–H and O–H groups in total. The van der Waals surface area contributed by atoms with Gasteiger partial charge in [0.25, 0.3) is 0 Å². The van der Waals surface area contributed by atoms with E-state index in [-0.39, 0.29) is 0 Å². The second-order valence-electron chi connectivity index (χ2n) is 7.96. The van der Waals surface area contributed by atoms with Gasteiger partial charge in [-0.2, -0.15) is 5.10 Å². The summed E-state index contributed by atoms with van der Waals surface area (Å²) >= 11 is 0. The van der Waals surface area contributed by atoms with E-state index < -0.39 is 11.8 Å². The van der Waals surface area contributed by atoms with Crippen molar-refractivity contribution in [2.45, 2.75) is 41.5 Å². The van der Waals surface area contributed by atoms with E-state index in [1.54, 1.807) is 12.3 Å². The van der Waals surface area contributed by atoms with E-state index in [9.17, 15) is 9.59 Å². The van der Waals surface area contributed by atoms with E-state index in [4.69, 9.17) is 0 Å². The van der Waals surface area contributed by atoms with Crippen LogP contribution in [0.15, 0.2) is 47.6 Å². The Bertz CT molecular complexity index is 1170. The quantitative estimate of drug-likeness (QED) is 0.375. The maximum absolute atomic E-state index is 12.1. The van der Waals surface area contributed by atoms with Gasteiger partial charge in [-0.05, 0) is 94.1 Å². The summed E-state index contributed by atoms with van der Waals surface area (Å²) < 4.78 is 2.15. The number of carbonyl (C=O) groups excluding carboxylic acids is 2. The molecule has 0 aliphatic carbocycles. The van der Waals surface area contributed by atoms with Crippen molar-refractivity contribution in [1.29, 1.82) is 0 Å². The lowest BCUT2D eigenvalue weighted by Crippen LogP contribution is -2.32. The van der Waals surface area contributed by atoms with Crippen LogP contribution < -0.4 is 10.7 Å². The Morgan fingerprint density at radius 2 is 1.52 bits per heavy atom. The minimum atomic E-state index is -0.822. The third kappa shape index (κ3) is 5.09. The fourth-order valence-electron chi connectivity index (χ4n) is 3.61. The van der Waals surface area contributed by atoms with Crippen molar-refractivity contribution in [1.82, 2.24) is 9.99 Å². The zero-order chi connectivity index (χ0) is 22.7. The van der Waals surface area contributed by atoms with Gasteiger partial charge >= 0.3 is 11.8 Å². The number of aryl methyl sites for hydroxylation is 5. The van der Waals surface area contributed by atoms with Crippen molar-refractivity contribution in [3.05, 3.63) is 81.7 Å². The molecule has 6 nitrogen and oxygen atoms in total. The third-order valence-corrected chi connectivity index (χ3v) is 5.28. The molecule has 2 aromatic carbocycles. The van der Waals surface area contributed by atoms with Gasteiger partial charge in [0, 0.05) is 28.3 Å². The fraction of sp³-hybridized carbons (Fsp3) is 0.240. The Labute approximate surface area is 183 Å². The molecule has 1 aromatic heterocycles. The number of nitrogens with zero attached hydrogens (tertiary/aromatic N) is 2. The summed E-state index contributed by atoms with van der Waals surface area (Å²) in [6, 6.07) is 13.9. The standard InChI is InChI=1S/C25H28N4O2/c1-15-9-16(2)11-23(10-15)29-19(5)13-21(20(29)6)14-26-28-25(31)24(30)27-22-8-7-17(3)18(4)12-22/h7-14H,1-6H3,(H,27,30)(H,28,31)/b26-14-. The Balaban J connectivity index is 1.70. The number of benzene rings is 2. The number of rotatable bonds is 4. The molecule has 0 fully saturated rings. The van der Waals surface area contributed by atoms with Crippen LogP contribution in [0.3, 0.4) is 0 Å². The predicted molar refractivity (Wildman–Crippen MR) is 125 cm³/mol. The lowest BCUT2D eigenvalue weighted by atomic mass is 10.1. The maximum Gasteiger partial charge on any atom is 0.329 e. The van der Waals surface area contributed by atoms with Crippen molar-refractivity contribution in [3.8, 4) is 5.69 Å². The molecule has 160 valence electrons. The first-order valence-electron chi connectivity index (χ1n) is 10.1. The summed E-state index contributed by atoms with van der Waals surface area (Å²) in [5, 5.41) is 6.57. The van der Waals surface area contributed by atoms with Crippen LogP contribution >= 0.6 is 0 Å². The largest absolute Gasteiger partial charge is 0.329 e. The summed E-state index contributed by atoms with van der Waals surface area (Å²) in [6.45, 7) is 12.1. The van der Waals surface area contributed by atoms with Crippen LogP contribution in [0.5, 0.6) is 0 Å². The lowest BCUT2D eigenvalue weighted by molar-refractivity contribution is -0.136. The Morgan fingerprint density at radius 1 is 0.839 bits per heavy atom. The number of nitrogens with one attached hydrogen (secondary N) is 2. The van der Waals surface area contributed by atoms with Gasteiger partial charge in [0.2, 0.25) is 0 Å². The van der Waals surface area contributed by atoms with Crippen LogP contribution in [0.2, 0.25) is 0 Å². The molecule has 0 atom stereocenters. The lowest BCUT2D eigenvalue weighted by Gasteiger charge is -2.11. The van der Waals surface area contributed by atoms with Gasteiger partial charge in [-0.3, -0.25) is 9.59 Å². The summed E-state index contributed by atoms with van der Waals surface area (Å²) in [6.07, 6.45) is 1.56. The molecule has 0 unspecified atom stereocenters. The number of hydrazone groups is 1. The molecule has 0 radical (unpaired) electrons. The van der Waals surface area contributed by atoms with Crippen molar-refractivity contribution in [3.63, 3.8) is 0 Å². The van der Waals surface area contributed by atoms with Gasteiger partial charge in [-0.25, -0.2) is 5.43 Å². The minimum Gasteiger partial charge on any atom is -0.318 e. The summed E-state index contributed by atoms with van der Waals surface area (Å²) in [7, 11) is 0. The molecule has 1 heterocycles. The summed E-state index contributed by atoms with van der Waals surface area (Å²) in [5.41, 5.74) is 11.4. The highest BCUT2D eigenvalue weighted by Crippen LogP contribution is 2.22. The molecule has 0 spiro atoms. The Hall–Kier alpha value is -3.67. The third-order valence-electron chi connectivity index (χ3n) is 5.28. The Kier molecular flexibility index (Phi) is 6.39. The molecular formula is C25H28N4O2. The van der Waals surface area contributed by atoms with Gasteiger partial charge in [0.05, 0.1) is 6.21 Å². The van der Waals surface area contributed by atoms with E-state index in [1.807, 2.05) is 45.9 Å². The van der Waals surface area contributed by atoms with Crippen molar-refractivity contribution in [2.24, 2.45) is 5.10 Å². The normalized spacial score (nSPS) is 11.0. The first kappa shape index (κ1) is 22.0. The molecular weight excluding hydrogens is 388 g/mol. The molecule has 0 saturated carbocycles. The van der Waals surface area contributed by atoms with Gasteiger partial charge in [0.15, 0.2) is 0 Å². The number of carbonyl (C=O) groups is 2. The maximum atomic E-state index is 12.1. The Morgan fingerprint density at radius 3 is 2.16 bits per heavy atom. The number of aromatic nitrogens is 1. The van der Waals surface area contributed by atoms with E-state index >= 15 is 0 Å². The second kappa shape index (κ2) is 9.00. The SMILES string of the molecule is Cc1cc(C)cc(-n2c(C)cc(/C=N\NC(=O)C(=O)Nc3ccc(C)c(C)c3)c2C)c1. The first-order chi connectivity index (χ1) is 14.7. The molecule has 0 aliphatic rings. The van der Waals surface area contributed by atoms with Crippen molar-refractivity contribution >= 4 is 23.7 Å². The van der Waals surface area contributed by atoms with Gasteiger partial charge < -0.3 is 9.88 Å². The van der Waals surface area contributed by atoms with E-state index in [1.165, 1.54) is 11.1 Å². The minimum absolute atomic E-state index is 0.573. The molecule has 3 aromatic rings. The smallest absolute Gasteiger partial charge is 0.318 e. The molecule has 2 amide bonds.